The molecule has 0 amide bonds. The van der Waals surface area contributed by atoms with Gasteiger partial charge in [0.05, 0.1) is 0 Å². The highest BCUT2D eigenvalue weighted by molar-refractivity contribution is 4.95. The Hall–Kier alpha value is -0.0800. The van der Waals surface area contributed by atoms with Gasteiger partial charge in [-0.1, -0.05) is 27.7 Å². The van der Waals surface area contributed by atoms with Gasteiger partial charge >= 0.3 is 0 Å². The summed E-state index contributed by atoms with van der Waals surface area (Å²) in [7, 11) is 2.28. The third kappa shape index (κ3) is 3.08. The quantitative estimate of drug-likeness (QED) is 0.832. The molecule has 0 bridgehead atoms. The third-order valence-corrected chi connectivity index (χ3v) is 6.11. The molecule has 0 saturated heterocycles. The maximum Gasteiger partial charge on any atom is 0.0147 e. The van der Waals surface area contributed by atoms with E-state index in [0.717, 1.165) is 5.92 Å². The number of nitrogens with two attached hydrogens (primary N) is 1. The van der Waals surface area contributed by atoms with Gasteiger partial charge in [-0.25, -0.2) is 0 Å². The molecule has 0 radical (unpaired) electrons. The fraction of sp³-hybridized carbons (Fsp3) is 1.00. The van der Waals surface area contributed by atoms with Gasteiger partial charge in [0.25, 0.3) is 0 Å². The smallest absolute Gasteiger partial charge is 0.0147 e. The van der Waals surface area contributed by atoms with E-state index >= 15 is 0 Å². The van der Waals surface area contributed by atoms with Gasteiger partial charge in [-0.2, -0.15) is 0 Å². The van der Waals surface area contributed by atoms with Crippen molar-refractivity contribution in [3.8, 4) is 0 Å². The molecule has 18 heavy (non-hydrogen) atoms. The molecule has 0 aliphatic heterocycles. The van der Waals surface area contributed by atoms with E-state index in [1.54, 1.807) is 0 Å². The molecule has 2 N–H and O–H groups in total. The van der Waals surface area contributed by atoms with E-state index in [0.29, 0.717) is 22.9 Å². The molecule has 1 saturated carbocycles. The molecule has 0 aromatic rings. The first kappa shape index (κ1) is 16.0. The third-order valence-electron chi connectivity index (χ3n) is 6.11. The second kappa shape index (κ2) is 5.50. The second-order valence-corrected chi connectivity index (χ2v) is 7.59. The maximum absolute atomic E-state index is 6.25. The number of rotatable bonds is 4. The van der Waals surface area contributed by atoms with Crippen LogP contribution in [0.2, 0.25) is 0 Å². The van der Waals surface area contributed by atoms with Crippen LogP contribution in [0.1, 0.15) is 60.8 Å². The van der Waals surface area contributed by atoms with E-state index in [-0.39, 0.29) is 0 Å². The van der Waals surface area contributed by atoms with Crippen LogP contribution in [0.15, 0.2) is 0 Å². The van der Waals surface area contributed by atoms with Crippen LogP contribution < -0.4 is 5.73 Å². The Labute approximate surface area is 114 Å². The average molecular weight is 254 g/mol. The average Bonchev–Trinajstić information content (AvgIpc) is 2.30. The summed E-state index contributed by atoms with van der Waals surface area (Å²) in [4.78, 5) is 2.54. The van der Waals surface area contributed by atoms with Crippen molar-refractivity contribution in [1.82, 2.24) is 4.90 Å². The molecule has 0 aromatic heterocycles. The molecule has 108 valence electrons. The van der Waals surface area contributed by atoms with E-state index < -0.39 is 0 Å². The zero-order valence-electron chi connectivity index (χ0n) is 13.6. The zero-order chi connectivity index (χ0) is 14.1. The Morgan fingerprint density at radius 3 is 2.33 bits per heavy atom. The lowest BCUT2D eigenvalue weighted by molar-refractivity contribution is 0.0113. The van der Waals surface area contributed by atoms with Gasteiger partial charge in [-0.15, -0.1) is 0 Å². The minimum atomic E-state index is 0.304. The van der Waals surface area contributed by atoms with Gasteiger partial charge in [0.15, 0.2) is 0 Å². The van der Waals surface area contributed by atoms with Crippen LogP contribution in [0.3, 0.4) is 0 Å². The highest BCUT2D eigenvalue weighted by Crippen LogP contribution is 2.45. The Balaban J connectivity index is 2.73. The molecule has 2 nitrogen and oxygen atoms in total. The van der Waals surface area contributed by atoms with Crippen molar-refractivity contribution in [3.63, 3.8) is 0 Å². The van der Waals surface area contributed by atoms with Crippen LogP contribution in [-0.2, 0) is 0 Å². The van der Waals surface area contributed by atoms with Crippen molar-refractivity contribution >= 4 is 0 Å². The van der Waals surface area contributed by atoms with Crippen LogP contribution >= 0.6 is 0 Å². The van der Waals surface area contributed by atoms with E-state index in [1.807, 2.05) is 0 Å². The summed E-state index contributed by atoms with van der Waals surface area (Å²) in [5.41, 5.74) is 6.91. The van der Waals surface area contributed by atoms with Crippen LogP contribution in [-0.4, -0.2) is 30.1 Å². The largest absolute Gasteiger partial charge is 0.327 e. The maximum atomic E-state index is 6.25. The highest BCUT2D eigenvalue weighted by Gasteiger charge is 2.42. The lowest BCUT2D eigenvalue weighted by Gasteiger charge is -2.49. The first-order valence-corrected chi connectivity index (χ1v) is 7.59. The van der Waals surface area contributed by atoms with E-state index in [4.69, 9.17) is 5.73 Å². The van der Waals surface area contributed by atoms with Crippen molar-refractivity contribution in [2.75, 3.05) is 13.6 Å². The molecule has 0 heterocycles. The fourth-order valence-corrected chi connectivity index (χ4v) is 3.11. The molecule has 1 fully saturated rings. The molecule has 1 aliphatic carbocycles. The summed E-state index contributed by atoms with van der Waals surface area (Å²) in [5, 5.41) is 0. The summed E-state index contributed by atoms with van der Waals surface area (Å²) >= 11 is 0. The predicted octanol–water partition coefficient (Wildman–Crippen LogP) is 3.51. The Morgan fingerprint density at radius 2 is 1.83 bits per heavy atom. The molecule has 0 aromatic carbocycles. The summed E-state index contributed by atoms with van der Waals surface area (Å²) < 4.78 is 0. The zero-order valence-corrected chi connectivity index (χ0v) is 13.6. The molecule has 3 atom stereocenters. The molecule has 2 heteroatoms. The highest BCUT2D eigenvalue weighted by atomic mass is 15.2. The lowest BCUT2D eigenvalue weighted by Crippen LogP contribution is -2.52. The van der Waals surface area contributed by atoms with Crippen LogP contribution in [0, 0.1) is 17.3 Å². The van der Waals surface area contributed by atoms with Crippen molar-refractivity contribution in [2.24, 2.45) is 23.0 Å². The predicted molar refractivity (Wildman–Crippen MR) is 80.6 cm³/mol. The van der Waals surface area contributed by atoms with E-state index in [9.17, 15) is 0 Å². The monoisotopic (exact) mass is 254 g/mol. The summed E-state index contributed by atoms with van der Waals surface area (Å²) in [6.07, 6.45) is 3.67. The molecule has 1 aliphatic rings. The minimum absolute atomic E-state index is 0.304. The second-order valence-electron chi connectivity index (χ2n) is 7.59. The van der Waals surface area contributed by atoms with E-state index in [1.165, 1.54) is 25.8 Å². The van der Waals surface area contributed by atoms with Crippen molar-refractivity contribution in [2.45, 2.75) is 72.4 Å². The van der Waals surface area contributed by atoms with E-state index in [2.05, 4.69) is 53.5 Å². The first-order chi connectivity index (χ1) is 8.13. The standard InChI is InChI=1S/C16H34N2/c1-8-15(3,4)18(7)11-13-9-10-14(17)12(2)16(13,5)6/h12-14H,8-11,17H2,1-7H3. The lowest BCUT2D eigenvalue weighted by atomic mass is 9.61. The van der Waals surface area contributed by atoms with Crippen molar-refractivity contribution < 1.29 is 0 Å². The van der Waals surface area contributed by atoms with Crippen molar-refractivity contribution in [1.29, 1.82) is 0 Å². The Morgan fingerprint density at radius 1 is 1.28 bits per heavy atom. The van der Waals surface area contributed by atoms with Gasteiger partial charge in [0.1, 0.15) is 0 Å². The summed E-state index contributed by atoms with van der Waals surface area (Å²) in [5.74, 6) is 1.39. The number of hydrogen-bond acceptors (Lipinski definition) is 2. The molecular formula is C16H34N2. The van der Waals surface area contributed by atoms with Crippen LogP contribution in [0.4, 0.5) is 0 Å². The topological polar surface area (TPSA) is 29.3 Å². The van der Waals surface area contributed by atoms with Gasteiger partial charge in [0, 0.05) is 18.1 Å². The van der Waals surface area contributed by atoms with Gasteiger partial charge < -0.3 is 10.6 Å². The van der Waals surface area contributed by atoms with Gasteiger partial charge in [-0.3, -0.25) is 0 Å². The summed E-state index contributed by atoms with van der Waals surface area (Å²) in [6.45, 7) is 15.3. The SMILES string of the molecule is CCC(C)(C)N(C)CC1CCC(N)C(C)C1(C)C. The Bertz CT molecular complexity index is 270. The first-order valence-electron chi connectivity index (χ1n) is 7.59. The number of nitrogens with zero attached hydrogens (tertiary/aromatic N) is 1. The molecule has 1 rings (SSSR count). The van der Waals surface area contributed by atoms with Crippen LogP contribution in [0.25, 0.3) is 0 Å². The molecule has 0 spiro atoms. The van der Waals surface area contributed by atoms with Gasteiger partial charge in [0.2, 0.25) is 0 Å². The Kier molecular flexibility index (Phi) is 4.88. The molecular weight excluding hydrogens is 220 g/mol. The van der Waals surface area contributed by atoms with Crippen molar-refractivity contribution in [3.05, 3.63) is 0 Å². The number of hydrogen-bond donors (Lipinski definition) is 1. The van der Waals surface area contributed by atoms with Gasteiger partial charge in [-0.05, 0) is 57.4 Å². The normalized spacial score (nSPS) is 32.8. The molecule has 3 unspecified atom stereocenters. The summed E-state index contributed by atoms with van der Waals surface area (Å²) in [6, 6.07) is 0.390. The fourth-order valence-electron chi connectivity index (χ4n) is 3.11. The minimum Gasteiger partial charge on any atom is -0.327 e. The van der Waals surface area contributed by atoms with Crippen LogP contribution in [0.5, 0.6) is 0 Å².